The molecule has 1 heteroatoms. The SMILES string of the molecule is CCCCC1=C2C(=C(C(O)c3cccc4ccccc34)c3ccccc32)c2ccccc21. The molecule has 2 aliphatic carbocycles. The molecular formula is C31H26O. The average molecular weight is 415 g/mol. The van der Waals surface area contributed by atoms with E-state index in [4.69, 9.17) is 0 Å². The van der Waals surface area contributed by atoms with Crippen molar-refractivity contribution in [1.29, 1.82) is 0 Å². The third-order valence-corrected chi connectivity index (χ3v) is 7.00. The van der Waals surface area contributed by atoms with Crippen molar-refractivity contribution in [1.82, 2.24) is 0 Å². The van der Waals surface area contributed by atoms with Gasteiger partial charge in [0, 0.05) is 5.57 Å². The van der Waals surface area contributed by atoms with Crippen LogP contribution in [0.3, 0.4) is 0 Å². The zero-order valence-electron chi connectivity index (χ0n) is 18.3. The van der Waals surface area contributed by atoms with E-state index < -0.39 is 6.10 Å². The number of fused-ring (bicyclic) bond motifs is 6. The summed E-state index contributed by atoms with van der Waals surface area (Å²) in [6.07, 6.45) is 2.72. The Bertz CT molecular complexity index is 1410. The molecule has 32 heavy (non-hydrogen) atoms. The summed E-state index contributed by atoms with van der Waals surface area (Å²) in [4.78, 5) is 0. The standard InChI is InChI=1S/C31H26O/c1-2-3-13-23-22-15-6-7-16-24(22)29-28(23)25-17-8-9-18-26(25)30(29)31(32)27-19-10-12-20-11-4-5-14-21(20)27/h4-12,14-19,31-32H,2-3,13H2,1H3. The summed E-state index contributed by atoms with van der Waals surface area (Å²) in [6.45, 7) is 2.25. The number of unbranched alkanes of at least 4 members (excludes halogenated alkanes) is 1. The van der Waals surface area contributed by atoms with Crippen LogP contribution < -0.4 is 0 Å². The Morgan fingerprint density at radius 2 is 1.28 bits per heavy atom. The first-order chi connectivity index (χ1) is 15.8. The van der Waals surface area contributed by atoms with Gasteiger partial charge in [-0.2, -0.15) is 0 Å². The summed E-state index contributed by atoms with van der Waals surface area (Å²) in [7, 11) is 0. The first kappa shape index (κ1) is 19.3. The van der Waals surface area contributed by atoms with E-state index in [0.29, 0.717) is 0 Å². The van der Waals surface area contributed by atoms with Crippen molar-refractivity contribution in [2.45, 2.75) is 32.3 Å². The van der Waals surface area contributed by atoms with Crippen LogP contribution >= 0.6 is 0 Å². The summed E-state index contributed by atoms with van der Waals surface area (Å²) < 4.78 is 0. The van der Waals surface area contributed by atoms with Crippen LogP contribution in [0.25, 0.3) is 33.1 Å². The van der Waals surface area contributed by atoms with Gasteiger partial charge in [0.25, 0.3) is 0 Å². The molecule has 0 amide bonds. The van der Waals surface area contributed by atoms with Crippen LogP contribution in [0.15, 0.2) is 91.0 Å². The van der Waals surface area contributed by atoms with Crippen LogP contribution in [0.5, 0.6) is 0 Å². The van der Waals surface area contributed by atoms with Crippen LogP contribution in [0, 0.1) is 0 Å². The van der Waals surface area contributed by atoms with Gasteiger partial charge in [0.05, 0.1) is 0 Å². The van der Waals surface area contributed by atoms with E-state index in [2.05, 4.69) is 97.9 Å². The van der Waals surface area contributed by atoms with Gasteiger partial charge in [-0.3, -0.25) is 0 Å². The van der Waals surface area contributed by atoms with Gasteiger partial charge in [-0.1, -0.05) is 104 Å². The fraction of sp³-hybridized carbons (Fsp3) is 0.161. The molecule has 0 heterocycles. The van der Waals surface area contributed by atoms with E-state index >= 15 is 0 Å². The second kappa shape index (κ2) is 7.62. The lowest BCUT2D eigenvalue weighted by atomic mass is 9.89. The maximum absolute atomic E-state index is 11.9. The number of hydrogen-bond donors (Lipinski definition) is 1. The van der Waals surface area contributed by atoms with Gasteiger partial charge in [-0.05, 0) is 68.2 Å². The third-order valence-electron chi connectivity index (χ3n) is 7.00. The van der Waals surface area contributed by atoms with Gasteiger partial charge >= 0.3 is 0 Å². The molecule has 156 valence electrons. The molecule has 0 fully saturated rings. The molecule has 0 spiro atoms. The maximum atomic E-state index is 11.9. The molecule has 4 aromatic rings. The van der Waals surface area contributed by atoms with Crippen molar-refractivity contribution in [2.75, 3.05) is 0 Å². The molecule has 1 atom stereocenters. The Kier molecular flexibility index (Phi) is 4.59. The van der Waals surface area contributed by atoms with E-state index in [-0.39, 0.29) is 0 Å². The van der Waals surface area contributed by atoms with Crippen molar-refractivity contribution < 1.29 is 5.11 Å². The highest BCUT2D eigenvalue weighted by Gasteiger charge is 2.38. The van der Waals surface area contributed by atoms with Gasteiger partial charge in [-0.25, -0.2) is 0 Å². The molecule has 0 aromatic heterocycles. The minimum Gasteiger partial charge on any atom is -0.384 e. The van der Waals surface area contributed by atoms with E-state index in [0.717, 1.165) is 28.3 Å². The smallest absolute Gasteiger partial charge is 0.106 e. The number of aliphatic hydroxyl groups is 1. The highest BCUT2D eigenvalue weighted by Crippen LogP contribution is 2.59. The molecule has 4 aromatic carbocycles. The summed E-state index contributed by atoms with van der Waals surface area (Å²) in [6, 6.07) is 31.9. The minimum absolute atomic E-state index is 0.687. The van der Waals surface area contributed by atoms with Crippen LogP contribution in [-0.2, 0) is 0 Å². The Hall–Kier alpha value is -3.42. The highest BCUT2D eigenvalue weighted by molar-refractivity contribution is 6.32. The summed E-state index contributed by atoms with van der Waals surface area (Å²) in [5.41, 5.74) is 11.1. The van der Waals surface area contributed by atoms with Crippen LogP contribution in [0.4, 0.5) is 0 Å². The predicted molar refractivity (Wildman–Crippen MR) is 135 cm³/mol. The van der Waals surface area contributed by atoms with E-state index in [1.165, 1.54) is 51.8 Å². The van der Waals surface area contributed by atoms with Crippen LogP contribution in [0.1, 0.15) is 60.1 Å². The van der Waals surface area contributed by atoms with Gasteiger partial charge < -0.3 is 5.11 Å². The van der Waals surface area contributed by atoms with Crippen LogP contribution in [-0.4, -0.2) is 5.11 Å². The number of rotatable bonds is 5. The summed E-state index contributed by atoms with van der Waals surface area (Å²) in [5.74, 6) is 0. The monoisotopic (exact) mass is 414 g/mol. The molecule has 1 N–H and O–H groups in total. The van der Waals surface area contributed by atoms with Crippen molar-refractivity contribution in [3.8, 4) is 0 Å². The van der Waals surface area contributed by atoms with E-state index in [9.17, 15) is 5.11 Å². The predicted octanol–water partition coefficient (Wildman–Crippen LogP) is 7.91. The molecule has 0 bridgehead atoms. The van der Waals surface area contributed by atoms with Crippen molar-refractivity contribution >= 4 is 33.1 Å². The molecule has 0 saturated carbocycles. The Balaban J connectivity index is 1.65. The molecule has 2 aliphatic rings. The number of hydrogen-bond acceptors (Lipinski definition) is 1. The normalized spacial score (nSPS) is 15.2. The molecule has 0 aliphatic heterocycles. The minimum atomic E-state index is -0.687. The quantitative estimate of drug-likeness (QED) is 0.352. The lowest BCUT2D eigenvalue weighted by Gasteiger charge is -2.18. The summed E-state index contributed by atoms with van der Waals surface area (Å²) >= 11 is 0. The zero-order chi connectivity index (χ0) is 21.7. The molecule has 0 saturated heterocycles. The fourth-order valence-corrected chi connectivity index (χ4v) is 5.57. The molecule has 1 nitrogen and oxygen atoms in total. The molecule has 6 rings (SSSR count). The van der Waals surface area contributed by atoms with Crippen molar-refractivity contribution in [3.05, 3.63) is 119 Å². The Labute approximate surface area is 189 Å². The summed E-state index contributed by atoms with van der Waals surface area (Å²) in [5, 5.41) is 14.2. The Morgan fingerprint density at radius 3 is 2.06 bits per heavy atom. The van der Waals surface area contributed by atoms with Gasteiger partial charge in [0.2, 0.25) is 0 Å². The topological polar surface area (TPSA) is 20.2 Å². The Morgan fingerprint density at radius 1 is 0.656 bits per heavy atom. The second-order valence-corrected chi connectivity index (χ2v) is 8.81. The third kappa shape index (κ3) is 2.75. The van der Waals surface area contributed by atoms with Gasteiger partial charge in [0.1, 0.15) is 6.10 Å². The van der Waals surface area contributed by atoms with Crippen LogP contribution in [0.2, 0.25) is 0 Å². The fourth-order valence-electron chi connectivity index (χ4n) is 5.57. The maximum Gasteiger partial charge on any atom is 0.106 e. The molecule has 0 radical (unpaired) electrons. The van der Waals surface area contributed by atoms with Crippen molar-refractivity contribution in [2.24, 2.45) is 0 Å². The first-order valence-corrected chi connectivity index (χ1v) is 11.6. The van der Waals surface area contributed by atoms with E-state index in [1.807, 2.05) is 0 Å². The average Bonchev–Trinajstić information content (AvgIpc) is 3.35. The lowest BCUT2D eigenvalue weighted by molar-refractivity contribution is 0.240. The van der Waals surface area contributed by atoms with Gasteiger partial charge in [-0.15, -0.1) is 0 Å². The lowest BCUT2D eigenvalue weighted by Crippen LogP contribution is -2.02. The van der Waals surface area contributed by atoms with Gasteiger partial charge in [0.15, 0.2) is 0 Å². The first-order valence-electron chi connectivity index (χ1n) is 11.6. The largest absolute Gasteiger partial charge is 0.384 e. The zero-order valence-corrected chi connectivity index (χ0v) is 18.3. The number of allylic oxidation sites excluding steroid dienone is 3. The molecular weight excluding hydrogens is 388 g/mol. The second-order valence-electron chi connectivity index (χ2n) is 8.81. The van der Waals surface area contributed by atoms with E-state index in [1.54, 1.807) is 0 Å². The molecule has 1 unspecified atom stereocenters. The number of benzene rings is 4. The highest BCUT2D eigenvalue weighted by atomic mass is 16.3. The number of aliphatic hydroxyl groups excluding tert-OH is 1. The van der Waals surface area contributed by atoms with Crippen molar-refractivity contribution in [3.63, 3.8) is 0 Å².